The highest BCUT2D eigenvalue weighted by atomic mass is 16.5. The van der Waals surface area contributed by atoms with E-state index in [0.29, 0.717) is 12.0 Å². The largest absolute Gasteiger partial charge is 0.493 e. The average Bonchev–Trinajstić information content (AvgIpc) is 2.28. The Morgan fingerprint density at radius 3 is 2.47 bits per heavy atom. The van der Waals surface area contributed by atoms with Gasteiger partial charge >= 0.3 is 0 Å². The van der Waals surface area contributed by atoms with Crippen LogP contribution < -0.4 is 10.1 Å². The van der Waals surface area contributed by atoms with E-state index < -0.39 is 0 Å². The molecule has 96 valence electrons. The summed E-state index contributed by atoms with van der Waals surface area (Å²) in [6, 6.07) is 8.87. The zero-order valence-corrected chi connectivity index (χ0v) is 11.5. The Bertz CT molecular complexity index is 320. The second kappa shape index (κ2) is 7.33. The van der Waals surface area contributed by atoms with E-state index in [0.717, 1.165) is 25.3 Å². The fourth-order valence-corrected chi connectivity index (χ4v) is 1.73. The maximum atomic E-state index is 5.84. The number of benzene rings is 1. The first-order chi connectivity index (χ1) is 8.11. The molecular formula is C15H25NO. The maximum Gasteiger partial charge on any atom is 0.122 e. The zero-order chi connectivity index (χ0) is 12.7. The Hall–Kier alpha value is -1.02. The highest BCUT2D eigenvalue weighted by Crippen LogP contribution is 2.25. The van der Waals surface area contributed by atoms with Crippen LogP contribution in [-0.4, -0.2) is 19.2 Å². The van der Waals surface area contributed by atoms with Gasteiger partial charge in [-0.05, 0) is 30.5 Å². The van der Waals surface area contributed by atoms with Crippen molar-refractivity contribution in [3.8, 4) is 5.75 Å². The van der Waals surface area contributed by atoms with Gasteiger partial charge in [0, 0.05) is 6.04 Å². The average molecular weight is 235 g/mol. The topological polar surface area (TPSA) is 21.3 Å². The lowest BCUT2D eigenvalue weighted by molar-refractivity contribution is 0.302. The van der Waals surface area contributed by atoms with Crippen LogP contribution in [0.2, 0.25) is 0 Å². The maximum absolute atomic E-state index is 5.84. The molecule has 0 heterocycles. The Kier molecular flexibility index (Phi) is 6.06. The van der Waals surface area contributed by atoms with Crippen molar-refractivity contribution in [2.45, 2.75) is 46.1 Å². The molecule has 0 unspecified atom stereocenters. The number of rotatable bonds is 7. The molecule has 0 saturated carbocycles. The molecule has 0 spiro atoms. The fraction of sp³-hybridized carbons (Fsp3) is 0.600. The molecular weight excluding hydrogens is 210 g/mol. The van der Waals surface area contributed by atoms with E-state index >= 15 is 0 Å². The lowest BCUT2D eigenvalue weighted by Gasteiger charge is -2.14. The Morgan fingerprint density at radius 1 is 1.12 bits per heavy atom. The fourth-order valence-electron chi connectivity index (χ4n) is 1.73. The van der Waals surface area contributed by atoms with Crippen LogP contribution in [-0.2, 0) is 0 Å². The normalized spacial score (nSPS) is 11.2. The summed E-state index contributed by atoms with van der Waals surface area (Å²) in [6.45, 7) is 10.5. The van der Waals surface area contributed by atoms with E-state index in [1.807, 2.05) is 6.07 Å². The second-order valence-corrected chi connectivity index (χ2v) is 5.00. The molecule has 1 aromatic carbocycles. The summed E-state index contributed by atoms with van der Waals surface area (Å²) in [5.74, 6) is 1.55. The number of para-hydroxylation sites is 1. The van der Waals surface area contributed by atoms with Gasteiger partial charge in [0.2, 0.25) is 0 Å². The predicted molar refractivity (Wildman–Crippen MR) is 73.8 cm³/mol. The summed E-state index contributed by atoms with van der Waals surface area (Å²) >= 11 is 0. The summed E-state index contributed by atoms with van der Waals surface area (Å²) in [7, 11) is 0. The molecule has 1 N–H and O–H groups in total. The van der Waals surface area contributed by atoms with Crippen molar-refractivity contribution in [1.29, 1.82) is 0 Å². The number of ether oxygens (including phenoxy) is 1. The summed E-state index contributed by atoms with van der Waals surface area (Å²) in [5, 5.41) is 3.39. The minimum atomic E-state index is 0.514. The third-order valence-electron chi connectivity index (χ3n) is 2.67. The van der Waals surface area contributed by atoms with E-state index in [1.54, 1.807) is 0 Å². The van der Waals surface area contributed by atoms with Crippen molar-refractivity contribution in [3.63, 3.8) is 0 Å². The minimum absolute atomic E-state index is 0.514. The van der Waals surface area contributed by atoms with Crippen molar-refractivity contribution >= 4 is 0 Å². The standard InChI is InChI=1S/C15H25NO/c1-12(2)14-8-5-6-9-15(14)17-11-7-10-16-13(3)4/h5-6,8-9,12-13,16H,7,10-11H2,1-4H3. The van der Waals surface area contributed by atoms with Gasteiger partial charge in [0.15, 0.2) is 0 Å². The van der Waals surface area contributed by atoms with Gasteiger partial charge in [-0.3, -0.25) is 0 Å². The Balaban J connectivity index is 2.36. The van der Waals surface area contributed by atoms with Gasteiger partial charge in [0.05, 0.1) is 6.61 Å². The van der Waals surface area contributed by atoms with Crippen LogP contribution in [0.1, 0.15) is 45.6 Å². The lowest BCUT2D eigenvalue weighted by atomic mass is 10.0. The van der Waals surface area contributed by atoms with Crippen LogP contribution in [0.5, 0.6) is 5.75 Å². The molecule has 0 aliphatic rings. The van der Waals surface area contributed by atoms with Gasteiger partial charge < -0.3 is 10.1 Å². The van der Waals surface area contributed by atoms with E-state index in [9.17, 15) is 0 Å². The first-order valence-corrected chi connectivity index (χ1v) is 6.56. The molecule has 1 aromatic rings. The molecule has 0 atom stereocenters. The molecule has 2 nitrogen and oxygen atoms in total. The first-order valence-electron chi connectivity index (χ1n) is 6.56. The van der Waals surface area contributed by atoms with E-state index in [-0.39, 0.29) is 0 Å². The molecule has 0 amide bonds. The summed E-state index contributed by atoms with van der Waals surface area (Å²) in [4.78, 5) is 0. The smallest absolute Gasteiger partial charge is 0.122 e. The summed E-state index contributed by atoms with van der Waals surface area (Å²) in [5.41, 5.74) is 1.30. The van der Waals surface area contributed by atoms with Crippen LogP contribution in [0.25, 0.3) is 0 Å². The molecule has 0 bridgehead atoms. The molecule has 0 aliphatic heterocycles. The van der Waals surface area contributed by atoms with Crippen LogP contribution in [0, 0.1) is 0 Å². The molecule has 2 heteroatoms. The van der Waals surface area contributed by atoms with Crippen molar-refractivity contribution in [2.24, 2.45) is 0 Å². The highest BCUT2D eigenvalue weighted by molar-refractivity contribution is 5.35. The third-order valence-corrected chi connectivity index (χ3v) is 2.67. The quantitative estimate of drug-likeness (QED) is 0.729. The summed E-state index contributed by atoms with van der Waals surface area (Å²) in [6.07, 6.45) is 1.05. The Labute approximate surface area is 105 Å². The molecule has 17 heavy (non-hydrogen) atoms. The van der Waals surface area contributed by atoms with Crippen molar-refractivity contribution < 1.29 is 4.74 Å². The van der Waals surface area contributed by atoms with Gasteiger partial charge in [0.1, 0.15) is 5.75 Å². The first kappa shape index (κ1) is 14.0. The highest BCUT2D eigenvalue weighted by Gasteiger charge is 2.06. The van der Waals surface area contributed by atoms with E-state index in [2.05, 4.69) is 51.2 Å². The van der Waals surface area contributed by atoms with E-state index in [4.69, 9.17) is 4.74 Å². The van der Waals surface area contributed by atoms with Crippen molar-refractivity contribution in [3.05, 3.63) is 29.8 Å². The van der Waals surface area contributed by atoms with Gasteiger partial charge in [-0.15, -0.1) is 0 Å². The van der Waals surface area contributed by atoms with Crippen LogP contribution in [0.4, 0.5) is 0 Å². The molecule has 0 saturated heterocycles. The van der Waals surface area contributed by atoms with Crippen LogP contribution >= 0.6 is 0 Å². The van der Waals surface area contributed by atoms with Crippen molar-refractivity contribution in [2.75, 3.05) is 13.2 Å². The molecule has 1 rings (SSSR count). The minimum Gasteiger partial charge on any atom is -0.493 e. The monoisotopic (exact) mass is 235 g/mol. The lowest BCUT2D eigenvalue weighted by Crippen LogP contribution is -2.24. The second-order valence-electron chi connectivity index (χ2n) is 5.00. The number of nitrogens with one attached hydrogen (secondary N) is 1. The van der Waals surface area contributed by atoms with Gasteiger partial charge in [0.25, 0.3) is 0 Å². The third kappa shape index (κ3) is 5.22. The Morgan fingerprint density at radius 2 is 1.82 bits per heavy atom. The summed E-state index contributed by atoms with van der Waals surface area (Å²) < 4.78 is 5.84. The van der Waals surface area contributed by atoms with Gasteiger partial charge in [-0.25, -0.2) is 0 Å². The molecule has 0 aliphatic carbocycles. The van der Waals surface area contributed by atoms with Gasteiger partial charge in [-0.2, -0.15) is 0 Å². The predicted octanol–water partition coefficient (Wildman–Crippen LogP) is 3.58. The molecule has 0 aromatic heterocycles. The van der Waals surface area contributed by atoms with E-state index in [1.165, 1.54) is 5.56 Å². The number of hydrogen-bond acceptors (Lipinski definition) is 2. The van der Waals surface area contributed by atoms with Gasteiger partial charge in [-0.1, -0.05) is 45.9 Å². The zero-order valence-electron chi connectivity index (χ0n) is 11.5. The SMILES string of the molecule is CC(C)NCCCOc1ccccc1C(C)C. The number of hydrogen-bond donors (Lipinski definition) is 1. The van der Waals surface area contributed by atoms with Crippen LogP contribution in [0.15, 0.2) is 24.3 Å². The van der Waals surface area contributed by atoms with Crippen molar-refractivity contribution in [1.82, 2.24) is 5.32 Å². The molecule has 0 radical (unpaired) electrons. The van der Waals surface area contributed by atoms with Crippen LogP contribution in [0.3, 0.4) is 0 Å². The molecule has 0 fully saturated rings.